The summed E-state index contributed by atoms with van der Waals surface area (Å²) in [6.45, 7) is 7.95. The van der Waals surface area contributed by atoms with Crippen LogP contribution in [0.15, 0.2) is 24.3 Å². The number of esters is 1. The van der Waals surface area contributed by atoms with E-state index in [0.717, 1.165) is 25.4 Å². The van der Waals surface area contributed by atoms with Crippen LogP contribution in [0.1, 0.15) is 12.5 Å². The van der Waals surface area contributed by atoms with Gasteiger partial charge in [0.15, 0.2) is 0 Å². The molecular formula is C16H24N2O3. The lowest BCUT2D eigenvalue weighted by atomic mass is 10.2. The van der Waals surface area contributed by atoms with Gasteiger partial charge in [-0.15, -0.1) is 0 Å². The van der Waals surface area contributed by atoms with E-state index < -0.39 is 0 Å². The largest absolute Gasteiger partial charge is 0.492 e. The van der Waals surface area contributed by atoms with Crippen molar-refractivity contribution in [2.24, 2.45) is 0 Å². The van der Waals surface area contributed by atoms with Crippen LogP contribution >= 0.6 is 0 Å². The lowest BCUT2D eigenvalue weighted by Gasteiger charge is -2.34. The van der Waals surface area contributed by atoms with E-state index in [0.29, 0.717) is 19.8 Å². The molecule has 1 aliphatic rings. The molecule has 1 aromatic rings. The zero-order valence-corrected chi connectivity index (χ0v) is 12.8. The fourth-order valence-electron chi connectivity index (χ4n) is 2.47. The summed E-state index contributed by atoms with van der Waals surface area (Å²) in [7, 11) is 0. The zero-order chi connectivity index (χ0) is 15.1. The number of piperazine rings is 1. The van der Waals surface area contributed by atoms with E-state index >= 15 is 0 Å². The van der Waals surface area contributed by atoms with E-state index in [2.05, 4.69) is 10.2 Å². The Hall–Kier alpha value is -1.59. The number of nitrogens with zero attached hydrogens (tertiary/aromatic N) is 1. The zero-order valence-electron chi connectivity index (χ0n) is 12.8. The van der Waals surface area contributed by atoms with Gasteiger partial charge >= 0.3 is 5.97 Å². The molecule has 2 rings (SSSR count). The predicted octanol–water partition coefficient (Wildman–Crippen LogP) is 1.21. The molecule has 0 spiro atoms. The molecule has 0 aromatic heterocycles. The number of ether oxygens (including phenoxy) is 2. The molecule has 0 bridgehead atoms. The Morgan fingerprint density at radius 3 is 3.10 bits per heavy atom. The number of carbonyl (C=O) groups excluding carboxylic acids is 1. The molecule has 0 radical (unpaired) electrons. The quantitative estimate of drug-likeness (QED) is 0.799. The van der Waals surface area contributed by atoms with E-state index in [1.807, 2.05) is 38.1 Å². The number of hydrogen-bond acceptors (Lipinski definition) is 5. The summed E-state index contributed by atoms with van der Waals surface area (Å²) in [5, 5.41) is 3.24. The van der Waals surface area contributed by atoms with Crippen LogP contribution in [-0.4, -0.2) is 56.3 Å². The van der Waals surface area contributed by atoms with Crippen molar-refractivity contribution < 1.29 is 14.3 Å². The average molecular weight is 292 g/mol. The van der Waals surface area contributed by atoms with Crippen molar-refractivity contribution >= 4 is 5.97 Å². The van der Waals surface area contributed by atoms with Gasteiger partial charge in [0.2, 0.25) is 0 Å². The van der Waals surface area contributed by atoms with Crippen LogP contribution in [0.2, 0.25) is 0 Å². The van der Waals surface area contributed by atoms with E-state index in [1.54, 1.807) is 0 Å². The van der Waals surface area contributed by atoms with Gasteiger partial charge in [-0.2, -0.15) is 0 Å². The van der Waals surface area contributed by atoms with Crippen LogP contribution in [0, 0.1) is 6.92 Å². The van der Waals surface area contributed by atoms with Gasteiger partial charge in [-0.25, -0.2) is 0 Å². The van der Waals surface area contributed by atoms with Crippen molar-refractivity contribution in [2.45, 2.75) is 19.9 Å². The molecule has 1 fully saturated rings. The molecule has 1 N–H and O–H groups in total. The number of aryl methyl sites for hydroxylation is 1. The molecule has 1 atom stereocenters. The molecule has 116 valence electrons. The summed E-state index contributed by atoms with van der Waals surface area (Å²) >= 11 is 0. The number of nitrogens with one attached hydrogen (secondary N) is 1. The molecule has 1 saturated heterocycles. The maximum absolute atomic E-state index is 11.9. The van der Waals surface area contributed by atoms with Crippen molar-refractivity contribution in [2.75, 3.05) is 39.4 Å². The molecule has 0 saturated carbocycles. The first-order chi connectivity index (χ1) is 10.2. The molecule has 1 aliphatic heterocycles. The number of carbonyl (C=O) groups is 1. The second-order valence-corrected chi connectivity index (χ2v) is 5.17. The van der Waals surface area contributed by atoms with Crippen molar-refractivity contribution in [3.63, 3.8) is 0 Å². The van der Waals surface area contributed by atoms with Gasteiger partial charge in [0.05, 0.1) is 6.61 Å². The van der Waals surface area contributed by atoms with E-state index in [-0.39, 0.29) is 12.0 Å². The SMILES string of the molecule is CCOC(=O)C1CNCCN1CCOc1cccc(C)c1. The summed E-state index contributed by atoms with van der Waals surface area (Å²) < 4.78 is 10.9. The Morgan fingerprint density at radius 1 is 1.48 bits per heavy atom. The smallest absolute Gasteiger partial charge is 0.324 e. The fraction of sp³-hybridized carbons (Fsp3) is 0.562. The number of hydrogen-bond donors (Lipinski definition) is 1. The van der Waals surface area contributed by atoms with Gasteiger partial charge in [-0.3, -0.25) is 9.69 Å². The van der Waals surface area contributed by atoms with Gasteiger partial charge < -0.3 is 14.8 Å². The Kier molecular flexibility index (Phi) is 6.02. The third-order valence-corrected chi connectivity index (χ3v) is 3.55. The minimum Gasteiger partial charge on any atom is -0.492 e. The number of rotatable bonds is 6. The Labute approximate surface area is 126 Å². The Balaban J connectivity index is 1.83. The minimum atomic E-state index is -0.209. The number of benzene rings is 1. The highest BCUT2D eigenvalue weighted by Gasteiger charge is 2.29. The van der Waals surface area contributed by atoms with Crippen LogP contribution in [0.5, 0.6) is 5.75 Å². The molecule has 1 heterocycles. The lowest BCUT2D eigenvalue weighted by Crippen LogP contribution is -2.56. The highest BCUT2D eigenvalue weighted by molar-refractivity contribution is 5.76. The van der Waals surface area contributed by atoms with Crippen LogP contribution in [-0.2, 0) is 9.53 Å². The van der Waals surface area contributed by atoms with Crippen molar-refractivity contribution in [3.8, 4) is 5.75 Å². The van der Waals surface area contributed by atoms with Gasteiger partial charge in [0.25, 0.3) is 0 Å². The van der Waals surface area contributed by atoms with Crippen molar-refractivity contribution in [1.82, 2.24) is 10.2 Å². The van der Waals surface area contributed by atoms with E-state index in [9.17, 15) is 4.79 Å². The summed E-state index contributed by atoms with van der Waals surface area (Å²) in [6.07, 6.45) is 0. The van der Waals surface area contributed by atoms with E-state index in [4.69, 9.17) is 9.47 Å². The van der Waals surface area contributed by atoms with Gasteiger partial charge in [-0.05, 0) is 31.5 Å². The lowest BCUT2D eigenvalue weighted by molar-refractivity contribution is -0.150. The van der Waals surface area contributed by atoms with Gasteiger partial charge in [0, 0.05) is 26.2 Å². The van der Waals surface area contributed by atoms with Gasteiger partial charge in [-0.1, -0.05) is 12.1 Å². The Bertz CT molecular complexity index is 465. The third-order valence-electron chi connectivity index (χ3n) is 3.55. The monoisotopic (exact) mass is 292 g/mol. The first-order valence-corrected chi connectivity index (χ1v) is 7.51. The molecule has 1 aromatic carbocycles. The third kappa shape index (κ3) is 4.72. The maximum atomic E-state index is 11.9. The van der Waals surface area contributed by atoms with Crippen molar-refractivity contribution in [3.05, 3.63) is 29.8 Å². The van der Waals surface area contributed by atoms with Crippen LogP contribution < -0.4 is 10.1 Å². The first kappa shape index (κ1) is 15.8. The molecule has 21 heavy (non-hydrogen) atoms. The Morgan fingerprint density at radius 2 is 2.33 bits per heavy atom. The average Bonchev–Trinajstić information content (AvgIpc) is 2.48. The standard InChI is InChI=1S/C16H24N2O3/c1-3-20-16(19)15-12-17-7-8-18(15)9-10-21-14-6-4-5-13(2)11-14/h4-6,11,15,17H,3,7-10,12H2,1-2H3. The van der Waals surface area contributed by atoms with Crippen molar-refractivity contribution in [1.29, 1.82) is 0 Å². The topological polar surface area (TPSA) is 50.8 Å². The summed E-state index contributed by atoms with van der Waals surface area (Å²) in [4.78, 5) is 14.1. The first-order valence-electron chi connectivity index (χ1n) is 7.51. The second-order valence-electron chi connectivity index (χ2n) is 5.17. The molecule has 0 aliphatic carbocycles. The highest BCUT2D eigenvalue weighted by Crippen LogP contribution is 2.13. The van der Waals surface area contributed by atoms with Gasteiger partial charge in [0.1, 0.15) is 18.4 Å². The summed E-state index contributed by atoms with van der Waals surface area (Å²) in [5.41, 5.74) is 1.18. The summed E-state index contributed by atoms with van der Waals surface area (Å²) in [5.74, 6) is 0.720. The predicted molar refractivity (Wildman–Crippen MR) is 81.5 cm³/mol. The fourth-order valence-corrected chi connectivity index (χ4v) is 2.47. The van der Waals surface area contributed by atoms with E-state index in [1.165, 1.54) is 5.56 Å². The molecule has 0 amide bonds. The summed E-state index contributed by atoms with van der Waals surface area (Å²) in [6, 6.07) is 7.78. The van der Waals surface area contributed by atoms with Crippen LogP contribution in [0.3, 0.4) is 0 Å². The van der Waals surface area contributed by atoms with Crippen LogP contribution in [0.4, 0.5) is 0 Å². The normalized spacial score (nSPS) is 19.2. The highest BCUT2D eigenvalue weighted by atomic mass is 16.5. The minimum absolute atomic E-state index is 0.153. The molecule has 1 unspecified atom stereocenters. The second kappa shape index (κ2) is 8.00. The molecule has 5 heteroatoms. The molecular weight excluding hydrogens is 268 g/mol. The van der Waals surface area contributed by atoms with Crippen LogP contribution in [0.25, 0.3) is 0 Å². The maximum Gasteiger partial charge on any atom is 0.324 e. The molecule has 5 nitrogen and oxygen atoms in total.